The van der Waals surface area contributed by atoms with E-state index in [0.29, 0.717) is 19.5 Å². The van der Waals surface area contributed by atoms with E-state index < -0.39 is 17.9 Å². The van der Waals surface area contributed by atoms with E-state index in [0.717, 1.165) is 25.7 Å². The molecule has 2 aliphatic rings. The van der Waals surface area contributed by atoms with Gasteiger partial charge in [-0.3, -0.25) is 14.4 Å². The van der Waals surface area contributed by atoms with Crippen molar-refractivity contribution >= 4 is 17.7 Å². The molecular weight excluding hydrogens is 358 g/mol. The van der Waals surface area contributed by atoms with Gasteiger partial charge in [0.2, 0.25) is 17.7 Å². The molecule has 5 atom stereocenters. The van der Waals surface area contributed by atoms with Crippen LogP contribution < -0.4 is 10.6 Å². The molecule has 0 saturated carbocycles. The average molecular weight is 394 g/mol. The Morgan fingerprint density at radius 1 is 1.14 bits per heavy atom. The van der Waals surface area contributed by atoms with Crippen LogP contribution in [0.3, 0.4) is 0 Å². The van der Waals surface area contributed by atoms with Gasteiger partial charge in [0.25, 0.3) is 0 Å². The number of allylic oxidation sites excluding steroid dienone is 1. The number of amides is 3. The number of nitrogens with zero attached hydrogens (tertiary/aromatic N) is 1. The molecule has 28 heavy (non-hydrogen) atoms. The Morgan fingerprint density at radius 3 is 2.54 bits per heavy atom. The van der Waals surface area contributed by atoms with Crippen LogP contribution in [0.15, 0.2) is 12.2 Å². The van der Waals surface area contributed by atoms with Gasteiger partial charge in [-0.2, -0.15) is 0 Å². The minimum absolute atomic E-state index is 0.0525. The van der Waals surface area contributed by atoms with Gasteiger partial charge in [0.05, 0.1) is 11.8 Å². The van der Waals surface area contributed by atoms with Crippen molar-refractivity contribution in [1.29, 1.82) is 0 Å². The first-order chi connectivity index (χ1) is 13.5. The van der Waals surface area contributed by atoms with Crippen LogP contribution >= 0.6 is 0 Å². The van der Waals surface area contributed by atoms with Crippen molar-refractivity contribution in [3.63, 3.8) is 0 Å². The Bertz CT molecular complexity index is 592. The lowest BCUT2D eigenvalue weighted by molar-refractivity contribution is -0.140. The van der Waals surface area contributed by atoms with Gasteiger partial charge in [0.15, 0.2) is 0 Å². The molecule has 0 bridgehead atoms. The zero-order chi connectivity index (χ0) is 20.7. The molecule has 0 aromatic carbocycles. The van der Waals surface area contributed by atoms with Crippen molar-refractivity contribution in [2.75, 3.05) is 26.7 Å². The van der Waals surface area contributed by atoms with E-state index in [1.54, 1.807) is 11.9 Å². The number of aliphatic hydroxyl groups excluding tert-OH is 1. The van der Waals surface area contributed by atoms with Gasteiger partial charge >= 0.3 is 0 Å². The van der Waals surface area contributed by atoms with Gasteiger partial charge in [-0.25, -0.2) is 0 Å². The smallest absolute Gasteiger partial charge is 0.243 e. The number of hydrogen-bond donors (Lipinski definition) is 3. The summed E-state index contributed by atoms with van der Waals surface area (Å²) in [4.78, 5) is 40.5. The molecule has 0 radical (unpaired) electrons. The van der Waals surface area contributed by atoms with Crippen LogP contribution in [0.4, 0.5) is 0 Å². The monoisotopic (exact) mass is 393 g/mol. The molecule has 1 aliphatic heterocycles. The second-order valence-electron chi connectivity index (χ2n) is 7.89. The topological polar surface area (TPSA) is 98.7 Å². The molecule has 1 saturated heterocycles. The molecule has 1 fully saturated rings. The van der Waals surface area contributed by atoms with E-state index in [9.17, 15) is 14.4 Å². The normalized spacial score (nSPS) is 28.9. The number of likely N-dealkylation sites (tertiary alicyclic amines) is 1. The van der Waals surface area contributed by atoms with Gasteiger partial charge in [0.1, 0.15) is 6.04 Å². The summed E-state index contributed by atoms with van der Waals surface area (Å²) < 4.78 is 0. The quantitative estimate of drug-likeness (QED) is 0.382. The molecule has 1 heterocycles. The van der Waals surface area contributed by atoms with Crippen molar-refractivity contribution in [2.45, 2.75) is 52.0 Å². The summed E-state index contributed by atoms with van der Waals surface area (Å²) in [5, 5.41) is 14.7. The molecule has 0 aromatic rings. The van der Waals surface area contributed by atoms with Crippen LogP contribution in [0.1, 0.15) is 46.0 Å². The Balaban J connectivity index is 2.26. The molecule has 158 valence electrons. The first-order valence-electron chi connectivity index (χ1n) is 10.6. The fourth-order valence-corrected chi connectivity index (χ4v) is 4.46. The van der Waals surface area contributed by atoms with Crippen molar-refractivity contribution < 1.29 is 19.5 Å². The molecule has 0 unspecified atom stereocenters. The second-order valence-corrected chi connectivity index (χ2v) is 7.89. The number of nitrogens with one attached hydrogen (secondary N) is 2. The number of rotatable bonds is 10. The number of aliphatic hydroxyl groups is 1. The van der Waals surface area contributed by atoms with Crippen molar-refractivity contribution in [3.8, 4) is 0 Å². The molecule has 3 N–H and O–H groups in total. The minimum Gasteiger partial charge on any atom is -0.396 e. The molecule has 2 rings (SSSR count). The zero-order valence-electron chi connectivity index (χ0n) is 17.3. The zero-order valence-corrected chi connectivity index (χ0v) is 17.3. The summed E-state index contributed by atoms with van der Waals surface area (Å²) in [7, 11) is 1.59. The van der Waals surface area contributed by atoms with E-state index in [-0.39, 0.29) is 36.2 Å². The number of unbranched alkanes of at least 4 members (excludes halogenated alkanes) is 3. The molecule has 0 aromatic heterocycles. The Labute approximate surface area is 167 Å². The van der Waals surface area contributed by atoms with E-state index in [2.05, 4.69) is 17.6 Å². The Morgan fingerprint density at radius 2 is 1.89 bits per heavy atom. The van der Waals surface area contributed by atoms with Crippen LogP contribution in [-0.2, 0) is 14.4 Å². The lowest BCUT2D eigenvalue weighted by Gasteiger charge is -2.32. The van der Waals surface area contributed by atoms with Crippen LogP contribution in [-0.4, -0.2) is 60.5 Å². The van der Waals surface area contributed by atoms with Gasteiger partial charge in [-0.1, -0.05) is 32.4 Å². The average Bonchev–Trinajstić information content (AvgIpc) is 2.97. The summed E-state index contributed by atoms with van der Waals surface area (Å²) in [6, 6.07) is -0.570. The summed E-state index contributed by atoms with van der Waals surface area (Å²) in [6.45, 7) is 5.20. The van der Waals surface area contributed by atoms with E-state index in [1.165, 1.54) is 0 Å². The van der Waals surface area contributed by atoms with Crippen LogP contribution in [0, 0.1) is 23.7 Å². The SMILES string of the molecule is CCCCNC(=O)[C@@H]1[C@H]2C=C[C@@H](C)[C@@H](C(=O)NC)[C@@H]2C(=O)N1CCCCCO. The molecule has 3 amide bonds. The first-order valence-corrected chi connectivity index (χ1v) is 10.6. The molecule has 1 aliphatic carbocycles. The first kappa shape index (κ1) is 22.4. The largest absolute Gasteiger partial charge is 0.396 e. The third-order valence-electron chi connectivity index (χ3n) is 5.98. The highest BCUT2D eigenvalue weighted by Gasteiger charge is 2.56. The van der Waals surface area contributed by atoms with E-state index >= 15 is 0 Å². The summed E-state index contributed by atoms with van der Waals surface area (Å²) in [5.74, 6) is -1.68. The summed E-state index contributed by atoms with van der Waals surface area (Å²) >= 11 is 0. The third kappa shape index (κ3) is 4.74. The van der Waals surface area contributed by atoms with E-state index in [4.69, 9.17) is 5.11 Å². The maximum atomic E-state index is 13.3. The lowest BCUT2D eigenvalue weighted by atomic mass is 9.70. The second kappa shape index (κ2) is 10.6. The third-order valence-corrected chi connectivity index (χ3v) is 5.98. The van der Waals surface area contributed by atoms with Crippen LogP contribution in [0.2, 0.25) is 0 Å². The van der Waals surface area contributed by atoms with Crippen molar-refractivity contribution in [1.82, 2.24) is 15.5 Å². The highest BCUT2D eigenvalue weighted by atomic mass is 16.3. The van der Waals surface area contributed by atoms with Crippen LogP contribution in [0.25, 0.3) is 0 Å². The van der Waals surface area contributed by atoms with E-state index in [1.807, 2.05) is 19.1 Å². The fourth-order valence-electron chi connectivity index (χ4n) is 4.46. The summed E-state index contributed by atoms with van der Waals surface area (Å²) in [6.07, 6.45) is 8.02. The molecule has 7 nitrogen and oxygen atoms in total. The van der Waals surface area contributed by atoms with Crippen molar-refractivity contribution in [3.05, 3.63) is 12.2 Å². The number of carbonyl (C=O) groups excluding carboxylic acids is 3. The predicted octanol–water partition coefficient (Wildman–Crippen LogP) is 1.08. The number of fused-ring (bicyclic) bond motifs is 1. The Hall–Kier alpha value is -1.89. The van der Waals surface area contributed by atoms with Gasteiger partial charge in [-0.05, 0) is 31.6 Å². The maximum absolute atomic E-state index is 13.3. The highest BCUT2D eigenvalue weighted by molar-refractivity contribution is 5.96. The van der Waals surface area contributed by atoms with Gasteiger partial charge < -0.3 is 20.6 Å². The molecule has 0 spiro atoms. The fraction of sp³-hybridized carbons (Fsp3) is 0.762. The van der Waals surface area contributed by atoms with Crippen LogP contribution in [0.5, 0.6) is 0 Å². The van der Waals surface area contributed by atoms with Crippen molar-refractivity contribution in [2.24, 2.45) is 23.7 Å². The van der Waals surface area contributed by atoms with Gasteiger partial charge in [0, 0.05) is 32.7 Å². The number of carbonyl (C=O) groups is 3. The predicted molar refractivity (Wildman–Crippen MR) is 107 cm³/mol. The van der Waals surface area contributed by atoms with Gasteiger partial charge in [-0.15, -0.1) is 0 Å². The minimum atomic E-state index is -0.570. The molecule has 7 heteroatoms. The standard InChI is InChI=1S/C21H35N3O4/c1-4-5-11-23-20(27)18-15-10-9-14(2)16(19(26)22-3)17(15)21(28)24(18)12-7-6-8-13-25/h9-10,14-18,25H,4-8,11-13H2,1-3H3,(H,22,26)(H,23,27)/t14-,15+,16-,17-,18+/m1/s1. The highest BCUT2D eigenvalue weighted by Crippen LogP contribution is 2.43. The summed E-state index contributed by atoms with van der Waals surface area (Å²) in [5.41, 5.74) is 0. The maximum Gasteiger partial charge on any atom is 0.243 e. The lowest BCUT2D eigenvalue weighted by Crippen LogP contribution is -2.47. The Kier molecular flexibility index (Phi) is 8.48. The number of hydrogen-bond acceptors (Lipinski definition) is 4. The molecular formula is C21H35N3O4.